The predicted octanol–water partition coefficient (Wildman–Crippen LogP) is 2.47. The lowest BCUT2D eigenvalue weighted by Crippen LogP contribution is -2.32. The topological polar surface area (TPSA) is 67.3 Å². The number of carbonyl (C=O) groups excluding carboxylic acids is 1. The monoisotopic (exact) mass is 340 g/mol. The number of piperidine rings is 1. The van der Waals surface area contributed by atoms with Crippen LogP contribution >= 0.6 is 0 Å². The molecule has 0 unspecified atom stereocenters. The minimum absolute atomic E-state index is 0.00682. The summed E-state index contributed by atoms with van der Waals surface area (Å²) in [5.41, 5.74) is 1.96. The number of benzene rings is 1. The molecule has 1 N–H and O–H groups in total. The number of hydrogen-bond donors (Lipinski definition) is 1. The van der Waals surface area contributed by atoms with E-state index in [1.165, 1.54) is 19.3 Å². The van der Waals surface area contributed by atoms with Crippen molar-refractivity contribution >= 4 is 11.9 Å². The Morgan fingerprint density at radius 3 is 2.68 bits per heavy atom. The molecule has 0 saturated carbocycles. The number of aryl methyl sites for hydroxylation is 1. The van der Waals surface area contributed by atoms with Gasteiger partial charge < -0.3 is 15.0 Å². The number of rotatable bonds is 6. The number of anilines is 1. The molecule has 1 fully saturated rings. The highest BCUT2D eigenvalue weighted by molar-refractivity contribution is 5.77. The fourth-order valence-electron chi connectivity index (χ4n) is 2.75. The van der Waals surface area contributed by atoms with E-state index in [0.717, 1.165) is 30.3 Å². The second-order valence-corrected chi connectivity index (χ2v) is 6.27. The summed E-state index contributed by atoms with van der Waals surface area (Å²) >= 11 is 0. The van der Waals surface area contributed by atoms with Crippen LogP contribution < -0.4 is 15.0 Å². The molecule has 2 aromatic rings. The van der Waals surface area contributed by atoms with E-state index in [-0.39, 0.29) is 12.5 Å². The number of nitrogens with one attached hydrogen (secondary N) is 1. The van der Waals surface area contributed by atoms with E-state index < -0.39 is 0 Å². The average molecular weight is 340 g/mol. The first-order chi connectivity index (χ1) is 12.2. The van der Waals surface area contributed by atoms with Crippen LogP contribution in [0.15, 0.2) is 36.5 Å². The van der Waals surface area contributed by atoms with Gasteiger partial charge >= 0.3 is 0 Å². The maximum atomic E-state index is 12.0. The molecule has 0 radical (unpaired) electrons. The van der Waals surface area contributed by atoms with E-state index in [9.17, 15) is 4.79 Å². The Hall–Kier alpha value is -2.63. The van der Waals surface area contributed by atoms with Crippen molar-refractivity contribution in [1.82, 2.24) is 15.3 Å². The standard InChI is InChI=1S/C19H24N4O2/c1-15-5-7-17(8-6-15)25-14-18(24)21-13-16-9-10-20-19(22-16)23-11-3-2-4-12-23/h5-10H,2-4,11-14H2,1H3,(H,21,24). The van der Waals surface area contributed by atoms with Gasteiger partial charge in [-0.15, -0.1) is 0 Å². The molecule has 1 saturated heterocycles. The Balaban J connectivity index is 1.47. The summed E-state index contributed by atoms with van der Waals surface area (Å²) in [7, 11) is 0. The van der Waals surface area contributed by atoms with Crippen molar-refractivity contribution in [2.75, 3.05) is 24.6 Å². The zero-order chi connectivity index (χ0) is 17.5. The second kappa shape index (κ2) is 8.46. The second-order valence-electron chi connectivity index (χ2n) is 6.27. The first-order valence-corrected chi connectivity index (χ1v) is 8.74. The predicted molar refractivity (Wildman–Crippen MR) is 96.6 cm³/mol. The number of hydrogen-bond acceptors (Lipinski definition) is 5. The quantitative estimate of drug-likeness (QED) is 0.875. The van der Waals surface area contributed by atoms with E-state index in [1.54, 1.807) is 6.20 Å². The number of nitrogens with zero attached hydrogens (tertiary/aromatic N) is 3. The normalized spacial score (nSPS) is 14.2. The first-order valence-electron chi connectivity index (χ1n) is 8.74. The molecule has 6 heteroatoms. The summed E-state index contributed by atoms with van der Waals surface area (Å²) in [6, 6.07) is 9.46. The Kier molecular flexibility index (Phi) is 5.82. The van der Waals surface area contributed by atoms with Crippen molar-refractivity contribution in [3.8, 4) is 5.75 Å². The third-order valence-electron chi connectivity index (χ3n) is 4.20. The molecule has 1 aliphatic heterocycles. The molecule has 0 bridgehead atoms. The third kappa shape index (κ3) is 5.17. The van der Waals surface area contributed by atoms with E-state index in [0.29, 0.717) is 12.3 Å². The maximum Gasteiger partial charge on any atom is 0.258 e. The third-order valence-corrected chi connectivity index (χ3v) is 4.20. The Morgan fingerprint density at radius 1 is 1.16 bits per heavy atom. The van der Waals surface area contributed by atoms with Crippen molar-refractivity contribution in [3.63, 3.8) is 0 Å². The van der Waals surface area contributed by atoms with Crippen LogP contribution in [0.2, 0.25) is 0 Å². The maximum absolute atomic E-state index is 12.0. The van der Waals surface area contributed by atoms with Gasteiger partial charge in [0.25, 0.3) is 5.91 Å². The minimum atomic E-state index is -0.168. The lowest BCUT2D eigenvalue weighted by atomic mass is 10.1. The Morgan fingerprint density at radius 2 is 1.92 bits per heavy atom. The number of carbonyl (C=O) groups is 1. The van der Waals surface area contributed by atoms with Crippen molar-refractivity contribution < 1.29 is 9.53 Å². The molecule has 0 spiro atoms. The SMILES string of the molecule is Cc1ccc(OCC(=O)NCc2ccnc(N3CCCCC3)n2)cc1. The summed E-state index contributed by atoms with van der Waals surface area (Å²) in [5.74, 6) is 1.27. The van der Waals surface area contributed by atoms with Crippen molar-refractivity contribution in [1.29, 1.82) is 0 Å². The summed E-state index contributed by atoms with van der Waals surface area (Å²) in [6.45, 7) is 4.38. The van der Waals surface area contributed by atoms with Gasteiger partial charge in [-0.1, -0.05) is 17.7 Å². The highest BCUT2D eigenvalue weighted by Crippen LogP contribution is 2.15. The fourth-order valence-corrected chi connectivity index (χ4v) is 2.75. The summed E-state index contributed by atoms with van der Waals surface area (Å²) < 4.78 is 5.48. The van der Waals surface area contributed by atoms with Gasteiger partial charge in [0.2, 0.25) is 5.95 Å². The van der Waals surface area contributed by atoms with Gasteiger partial charge in [0.15, 0.2) is 6.61 Å². The molecule has 0 atom stereocenters. The lowest BCUT2D eigenvalue weighted by Gasteiger charge is -2.26. The van der Waals surface area contributed by atoms with E-state index in [4.69, 9.17) is 4.74 Å². The highest BCUT2D eigenvalue weighted by atomic mass is 16.5. The van der Waals surface area contributed by atoms with Crippen LogP contribution in [0.3, 0.4) is 0 Å². The van der Waals surface area contributed by atoms with Gasteiger partial charge in [-0.2, -0.15) is 0 Å². The first kappa shape index (κ1) is 17.2. The lowest BCUT2D eigenvalue weighted by molar-refractivity contribution is -0.123. The molecular formula is C19H24N4O2. The number of aromatic nitrogens is 2. The van der Waals surface area contributed by atoms with Crippen LogP contribution in [-0.4, -0.2) is 35.6 Å². The van der Waals surface area contributed by atoms with Crippen LogP contribution in [0.4, 0.5) is 5.95 Å². The molecule has 0 aliphatic carbocycles. The molecule has 1 amide bonds. The molecule has 1 aromatic heterocycles. The van der Waals surface area contributed by atoms with Crippen LogP contribution in [0, 0.1) is 6.92 Å². The highest BCUT2D eigenvalue weighted by Gasteiger charge is 2.13. The molecule has 25 heavy (non-hydrogen) atoms. The fraction of sp³-hybridized carbons (Fsp3) is 0.421. The van der Waals surface area contributed by atoms with Crippen LogP contribution in [-0.2, 0) is 11.3 Å². The minimum Gasteiger partial charge on any atom is -0.484 e. The van der Waals surface area contributed by atoms with E-state index in [1.807, 2.05) is 37.3 Å². The summed E-state index contributed by atoms with van der Waals surface area (Å²) in [4.78, 5) is 23.1. The van der Waals surface area contributed by atoms with Crippen LogP contribution in [0.25, 0.3) is 0 Å². The molecule has 1 aromatic carbocycles. The molecular weight excluding hydrogens is 316 g/mol. The van der Waals surface area contributed by atoms with Gasteiger partial charge in [-0.3, -0.25) is 4.79 Å². The zero-order valence-corrected chi connectivity index (χ0v) is 14.6. The van der Waals surface area contributed by atoms with Gasteiger partial charge in [0, 0.05) is 19.3 Å². The molecule has 3 rings (SSSR count). The number of ether oxygens (including phenoxy) is 1. The zero-order valence-electron chi connectivity index (χ0n) is 14.6. The Bertz CT molecular complexity index is 697. The van der Waals surface area contributed by atoms with Crippen molar-refractivity contribution in [2.24, 2.45) is 0 Å². The van der Waals surface area contributed by atoms with E-state index in [2.05, 4.69) is 20.2 Å². The van der Waals surface area contributed by atoms with Gasteiger partial charge in [-0.25, -0.2) is 9.97 Å². The van der Waals surface area contributed by atoms with E-state index >= 15 is 0 Å². The van der Waals surface area contributed by atoms with Gasteiger partial charge in [0.1, 0.15) is 5.75 Å². The molecule has 6 nitrogen and oxygen atoms in total. The van der Waals surface area contributed by atoms with Crippen molar-refractivity contribution in [2.45, 2.75) is 32.7 Å². The summed E-state index contributed by atoms with van der Waals surface area (Å²) in [6.07, 6.45) is 5.38. The van der Waals surface area contributed by atoms with Crippen LogP contribution in [0.5, 0.6) is 5.75 Å². The van der Waals surface area contributed by atoms with Gasteiger partial charge in [0.05, 0.1) is 12.2 Å². The molecule has 2 heterocycles. The number of amides is 1. The smallest absolute Gasteiger partial charge is 0.258 e. The summed E-state index contributed by atoms with van der Waals surface area (Å²) in [5, 5.41) is 2.84. The largest absolute Gasteiger partial charge is 0.484 e. The van der Waals surface area contributed by atoms with Crippen LogP contribution in [0.1, 0.15) is 30.5 Å². The molecule has 1 aliphatic rings. The Labute approximate surface area is 148 Å². The molecule has 132 valence electrons. The van der Waals surface area contributed by atoms with Gasteiger partial charge in [-0.05, 0) is 44.4 Å². The van der Waals surface area contributed by atoms with Crippen molar-refractivity contribution in [3.05, 3.63) is 47.8 Å². The average Bonchev–Trinajstić information content (AvgIpc) is 2.67.